The third-order valence-corrected chi connectivity index (χ3v) is 8.71. The number of benzene rings is 2. The number of nitro groups is 1. The van der Waals surface area contributed by atoms with Gasteiger partial charge >= 0.3 is 0 Å². The van der Waals surface area contributed by atoms with Crippen LogP contribution in [0.1, 0.15) is 71.1 Å². The quantitative estimate of drug-likeness (QED) is 0.188. The van der Waals surface area contributed by atoms with Crippen LogP contribution in [-0.2, 0) is 26.2 Å². The number of hydrogen-bond donors (Lipinski definition) is 5. The molecular weight excluding hydrogens is 568 g/mol. The van der Waals surface area contributed by atoms with Gasteiger partial charge in [-0.15, -0.1) is 0 Å². The number of nitrogens with zero attached hydrogens (tertiary/aromatic N) is 1. The molecular formula is C33H36N2O9. The number of aromatic hydroxyl groups is 1. The van der Waals surface area contributed by atoms with Gasteiger partial charge in [0, 0.05) is 41.1 Å². The molecule has 5 N–H and O–H groups in total. The van der Waals surface area contributed by atoms with Crippen LogP contribution in [0, 0.1) is 22.0 Å². The second-order valence-corrected chi connectivity index (χ2v) is 14.0. The fourth-order valence-electron chi connectivity index (χ4n) is 6.69. The van der Waals surface area contributed by atoms with Crippen molar-refractivity contribution >= 4 is 28.9 Å². The van der Waals surface area contributed by atoms with Gasteiger partial charge in [0.25, 0.3) is 11.6 Å². The molecule has 0 saturated heterocycles. The summed E-state index contributed by atoms with van der Waals surface area (Å²) < 4.78 is 0. The normalized spacial score (nSPS) is 23.6. The summed E-state index contributed by atoms with van der Waals surface area (Å²) in [7, 11) is 0. The number of phenolic OH excluding ortho intramolecular Hbond substituents is 1. The summed E-state index contributed by atoms with van der Waals surface area (Å²) >= 11 is 0. The summed E-state index contributed by atoms with van der Waals surface area (Å²) in [5, 5.41) is 60.3. The Balaban J connectivity index is 1.74. The molecule has 44 heavy (non-hydrogen) atoms. The number of nitro benzene ring substituents is 1. The largest absolute Gasteiger partial charge is 0.508 e. The molecule has 5 rings (SSSR count). The number of aliphatic hydroxyl groups is 3. The first-order chi connectivity index (χ1) is 20.3. The van der Waals surface area contributed by atoms with E-state index < -0.39 is 67.9 Å². The zero-order chi connectivity index (χ0) is 32.7. The van der Waals surface area contributed by atoms with E-state index in [2.05, 4.69) is 5.32 Å². The SMILES string of the molecule is CC(C)(C)NC(=O)C1=C(O)[C@@]2(O)C(=O)C3=C(O)c4c(O)c(C(C)(C)C)cc(-c5cccc([N+](=O)[O-])c5)c4C[C@H]3C[C@H]2CC1=O. The van der Waals surface area contributed by atoms with Crippen LogP contribution >= 0.6 is 0 Å². The van der Waals surface area contributed by atoms with Crippen molar-refractivity contribution in [3.63, 3.8) is 0 Å². The molecule has 0 aliphatic heterocycles. The Hall–Kier alpha value is -4.51. The number of nitrogens with one attached hydrogen (secondary N) is 1. The third kappa shape index (κ3) is 4.75. The van der Waals surface area contributed by atoms with Gasteiger partial charge in [0.05, 0.1) is 10.5 Å². The maximum Gasteiger partial charge on any atom is 0.270 e. The van der Waals surface area contributed by atoms with E-state index in [1.807, 2.05) is 20.8 Å². The van der Waals surface area contributed by atoms with Crippen molar-refractivity contribution in [1.29, 1.82) is 0 Å². The third-order valence-electron chi connectivity index (χ3n) is 8.71. The highest BCUT2D eigenvalue weighted by molar-refractivity contribution is 6.23. The molecule has 3 aliphatic carbocycles. The molecule has 11 nitrogen and oxygen atoms in total. The van der Waals surface area contributed by atoms with Gasteiger partial charge in [0.2, 0.25) is 5.78 Å². The van der Waals surface area contributed by atoms with E-state index >= 15 is 0 Å². The summed E-state index contributed by atoms with van der Waals surface area (Å²) in [4.78, 5) is 51.2. The van der Waals surface area contributed by atoms with Gasteiger partial charge in [0.1, 0.15) is 22.8 Å². The molecule has 0 radical (unpaired) electrons. The lowest BCUT2D eigenvalue weighted by atomic mass is 9.59. The van der Waals surface area contributed by atoms with Crippen LogP contribution in [0.15, 0.2) is 47.2 Å². The molecule has 0 bridgehead atoms. The van der Waals surface area contributed by atoms with Crippen LogP contribution in [0.4, 0.5) is 5.69 Å². The minimum absolute atomic E-state index is 0.00120. The van der Waals surface area contributed by atoms with Crippen molar-refractivity contribution in [2.45, 2.75) is 77.4 Å². The molecule has 2 aromatic rings. The van der Waals surface area contributed by atoms with Crippen molar-refractivity contribution in [2.24, 2.45) is 11.8 Å². The zero-order valence-electron chi connectivity index (χ0n) is 25.4. The van der Waals surface area contributed by atoms with Gasteiger partial charge in [-0.05, 0) is 67.7 Å². The maximum atomic E-state index is 14.1. The first-order valence-corrected chi connectivity index (χ1v) is 14.4. The van der Waals surface area contributed by atoms with E-state index in [0.29, 0.717) is 22.3 Å². The molecule has 0 spiro atoms. The van der Waals surface area contributed by atoms with Crippen LogP contribution in [0.25, 0.3) is 16.9 Å². The number of hydrogen-bond acceptors (Lipinski definition) is 9. The second kappa shape index (κ2) is 10.0. The zero-order valence-corrected chi connectivity index (χ0v) is 25.4. The standard InChI is InChI=1S/C33H36N2O9/c1-31(2,3)21-14-19(15-8-7-9-18(11-15)35(43)44)20-12-16-10-17-13-22(36)25(30(41)34-32(4,5)6)29(40)33(17,42)28(39)23(16)27(38)24(20)26(21)37/h7-9,11,14,16-17,37-38,40,42H,10,12-13H2,1-6H3,(H,34,41)/t16-,17+,33+/m1/s1. The number of aliphatic hydroxyl groups excluding tert-OH is 2. The van der Waals surface area contributed by atoms with Crippen LogP contribution < -0.4 is 5.32 Å². The molecule has 0 unspecified atom stereocenters. The molecule has 11 heteroatoms. The molecule has 3 aliphatic rings. The number of carbonyl (C=O) groups excluding carboxylic acids is 3. The highest BCUT2D eigenvalue weighted by Crippen LogP contribution is 2.54. The van der Waals surface area contributed by atoms with Crippen LogP contribution in [-0.4, -0.2) is 54.0 Å². The van der Waals surface area contributed by atoms with Crippen molar-refractivity contribution in [3.05, 3.63) is 74.0 Å². The number of ketones is 2. The first-order valence-electron chi connectivity index (χ1n) is 14.4. The number of fused-ring (bicyclic) bond motifs is 3. The fourth-order valence-corrected chi connectivity index (χ4v) is 6.69. The van der Waals surface area contributed by atoms with E-state index in [1.54, 1.807) is 32.9 Å². The van der Waals surface area contributed by atoms with Crippen LogP contribution in [0.3, 0.4) is 0 Å². The minimum Gasteiger partial charge on any atom is -0.508 e. The Kier molecular flexibility index (Phi) is 7.04. The van der Waals surface area contributed by atoms with Crippen molar-refractivity contribution in [1.82, 2.24) is 5.32 Å². The number of phenols is 1. The molecule has 1 amide bonds. The Morgan fingerprint density at radius 1 is 1.05 bits per heavy atom. The summed E-state index contributed by atoms with van der Waals surface area (Å²) in [6.45, 7) is 10.5. The summed E-state index contributed by atoms with van der Waals surface area (Å²) in [6, 6.07) is 7.69. The molecule has 3 atom stereocenters. The molecule has 2 aromatic carbocycles. The van der Waals surface area contributed by atoms with E-state index in [9.17, 15) is 44.9 Å². The fraction of sp³-hybridized carbons (Fsp3) is 0.424. The van der Waals surface area contributed by atoms with Gasteiger partial charge in [-0.25, -0.2) is 0 Å². The van der Waals surface area contributed by atoms with Gasteiger partial charge < -0.3 is 25.7 Å². The highest BCUT2D eigenvalue weighted by atomic mass is 16.6. The molecule has 1 fully saturated rings. The first kappa shape index (κ1) is 30.9. The van der Waals surface area contributed by atoms with E-state index in [0.717, 1.165) is 0 Å². The minimum atomic E-state index is -2.64. The van der Waals surface area contributed by atoms with Crippen molar-refractivity contribution < 1.29 is 39.7 Å². The molecule has 0 aromatic heterocycles. The molecule has 1 saturated carbocycles. The van der Waals surface area contributed by atoms with Crippen molar-refractivity contribution in [2.75, 3.05) is 0 Å². The molecule has 0 heterocycles. The number of rotatable bonds is 3. The monoisotopic (exact) mass is 604 g/mol. The average Bonchev–Trinajstić information content (AvgIpc) is 2.89. The molecule has 232 valence electrons. The predicted molar refractivity (Wildman–Crippen MR) is 161 cm³/mol. The number of non-ortho nitro benzene ring substituents is 1. The number of amides is 1. The van der Waals surface area contributed by atoms with Gasteiger partial charge in [0.15, 0.2) is 11.4 Å². The van der Waals surface area contributed by atoms with E-state index in [1.165, 1.54) is 18.2 Å². The Morgan fingerprint density at radius 3 is 2.30 bits per heavy atom. The van der Waals surface area contributed by atoms with Gasteiger partial charge in [-0.1, -0.05) is 32.9 Å². The van der Waals surface area contributed by atoms with Gasteiger partial charge in [-0.3, -0.25) is 24.5 Å². The number of Topliss-reactive ketones (excluding diaryl/α,β-unsaturated/α-hetero) is 2. The lowest BCUT2D eigenvalue weighted by Crippen LogP contribution is -2.58. The Labute approximate surface area is 254 Å². The van der Waals surface area contributed by atoms with Crippen molar-refractivity contribution in [3.8, 4) is 16.9 Å². The van der Waals surface area contributed by atoms with E-state index in [-0.39, 0.29) is 41.8 Å². The Bertz CT molecular complexity index is 1720. The van der Waals surface area contributed by atoms with Gasteiger partial charge in [-0.2, -0.15) is 0 Å². The number of carbonyl (C=O) groups is 3. The maximum absolute atomic E-state index is 14.1. The van der Waals surface area contributed by atoms with E-state index in [4.69, 9.17) is 0 Å². The lowest BCUT2D eigenvalue weighted by molar-refractivity contribution is -0.384. The summed E-state index contributed by atoms with van der Waals surface area (Å²) in [5.41, 5.74) is -3.33. The predicted octanol–water partition coefficient (Wildman–Crippen LogP) is 4.73. The van der Waals surface area contributed by atoms with Crippen LogP contribution in [0.2, 0.25) is 0 Å². The highest BCUT2D eigenvalue weighted by Gasteiger charge is 2.60. The second-order valence-electron chi connectivity index (χ2n) is 14.0. The smallest absolute Gasteiger partial charge is 0.270 e. The lowest BCUT2D eigenvalue weighted by Gasteiger charge is -2.46. The Morgan fingerprint density at radius 2 is 1.70 bits per heavy atom. The summed E-state index contributed by atoms with van der Waals surface area (Å²) in [5.74, 6) is -6.42. The van der Waals surface area contributed by atoms with Crippen LogP contribution in [0.5, 0.6) is 5.75 Å². The average molecular weight is 605 g/mol. The summed E-state index contributed by atoms with van der Waals surface area (Å²) in [6.07, 6.45) is -0.289. The topological polar surface area (TPSA) is 187 Å².